The van der Waals surface area contributed by atoms with E-state index in [0.29, 0.717) is 18.0 Å². The van der Waals surface area contributed by atoms with Crippen molar-refractivity contribution in [2.45, 2.75) is 44.6 Å². The molecule has 0 saturated carbocycles. The number of aryl methyl sites for hydroxylation is 2. The number of anilines is 1. The number of hydrogen-bond donors (Lipinski definition) is 1. The van der Waals surface area contributed by atoms with Crippen molar-refractivity contribution in [3.63, 3.8) is 0 Å². The summed E-state index contributed by atoms with van der Waals surface area (Å²) in [5.41, 5.74) is 2.31. The lowest BCUT2D eigenvalue weighted by atomic mass is 10.1. The average Bonchev–Trinajstić information content (AvgIpc) is 2.86. The number of rotatable bonds is 12. The maximum Gasteiger partial charge on any atom is 0.264 e. The van der Waals surface area contributed by atoms with Crippen LogP contribution in [0.4, 0.5) is 5.69 Å². The van der Waals surface area contributed by atoms with Crippen molar-refractivity contribution in [3.8, 4) is 11.5 Å². The zero-order valence-corrected chi connectivity index (χ0v) is 22.0. The van der Waals surface area contributed by atoms with E-state index in [1.807, 2.05) is 51.1 Å². The minimum atomic E-state index is -4.00. The van der Waals surface area contributed by atoms with Crippen LogP contribution in [0.15, 0.2) is 77.7 Å². The molecule has 0 aliphatic carbocycles. The molecule has 0 saturated heterocycles. The maximum atomic E-state index is 13.5. The molecule has 3 aromatic carbocycles. The first kappa shape index (κ1) is 27.1. The number of carbonyl (C=O) groups is 1. The molecule has 0 aromatic heterocycles. The molecule has 36 heavy (non-hydrogen) atoms. The molecule has 3 aromatic rings. The zero-order chi connectivity index (χ0) is 26.1. The summed E-state index contributed by atoms with van der Waals surface area (Å²) in [5, 5.41) is 2.86. The summed E-state index contributed by atoms with van der Waals surface area (Å²) >= 11 is 0. The number of amides is 1. The van der Waals surface area contributed by atoms with Crippen molar-refractivity contribution in [2.24, 2.45) is 0 Å². The van der Waals surface area contributed by atoms with Gasteiger partial charge in [0.15, 0.2) is 0 Å². The first-order valence-corrected chi connectivity index (χ1v) is 13.4. The standard InChI is InChI=1S/C28H34N2O5S/c1-21(2)35-24-15-13-23(14-16-24)9-8-18-29-28(31)20-30(26-19-22(3)12-17-27(26)34-4)36(32,33)25-10-6-5-7-11-25/h5-7,10-17,19,21H,8-9,18,20H2,1-4H3,(H,29,31). The molecule has 192 valence electrons. The molecule has 0 unspecified atom stereocenters. The summed E-state index contributed by atoms with van der Waals surface area (Å²) in [6.45, 7) is 5.89. The Bertz CT molecular complexity index is 1240. The molecule has 7 nitrogen and oxygen atoms in total. The van der Waals surface area contributed by atoms with Gasteiger partial charge >= 0.3 is 0 Å². The monoisotopic (exact) mass is 510 g/mol. The lowest BCUT2D eigenvalue weighted by Gasteiger charge is -2.26. The van der Waals surface area contributed by atoms with Gasteiger partial charge in [-0.05, 0) is 81.1 Å². The Kier molecular flexibility index (Phi) is 9.36. The van der Waals surface area contributed by atoms with Crippen molar-refractivity contribution < 1.29 is 22.7 Å². The van der Waals surface area contributed by atoms with Crippen LogP contribution >= 0.6 is 0 Å². The number of benzene rings is 3. The largest absolute Gasteiger partial charge is 0.495 e. The minimum Gasteiger partial charge on any atom is -0.495 e. The summed E-state index contributed by atoms with van der Waals surface area (Å²) in [4.78, 5) is 13.0. The first-order valence-electron chi connectivity index (χ1n) is 12.0. The van der Waals surface area contributed by atoms with E-state index in [0.717, 1.165) is 34.0 Å². The lowest BCUT2D eigenvalue weighted by Crippen LogP contribution is -2.41. The molecule has 0 atom stereocenters. The van der Waals surface area contributed by atoms with Gasteiger partial charge in [-0.3, -0.25) is 9.10 Å². The second-order valence-corrected chi connectivity index (χ2v) is 10.6. The third-order valence-electron chi connectivity index (χ3n) is 5.48. The van der Waals surface area contributed by atoms with Crippen LogP contribution in [0.25, 0.3) is 0 Å². The molecule has 0 radical (unpaired) electrons. The number of nitrogens with one attached hydrogen (secondary N) is 1. The summed E-state index contributed by atoms with van der Waals surface area (Å²) in [7, 11) is -2.53. The topological polar surface area (TPSA) is 84.9 Å². The molecular formula is C28H34N2O5S. The van der Waals surface area contributed by atoms with Gasteiger partial charge in [0, 0.05) is 6.54 Å². The van der Waals surface area contributed by atoms with Crippen molar-refractivity contribution in [3.05, 3.63) is 83.9 Å². The lowest BCUT2D eigenvalue weighted by molar-refractivity contribution is -0.119. The van der Waals surface area contributed by atoms with Gasteiger partial charge in [-0.15, -0.1) is 0 Å². The number of sulfonamides is 1. The van der Waals surface area contributed by atoms with Gasteiger partial charge in [0.1, 0.15) is 18.0 Å². The Balaban J connectivity index is 1.69. The summed E-state index contributed by atoms with van der Waals surface area (Å²) in [5.74, 6) is 0.810. The van der Waals surface area contributed by atoms with Crippen LogP contribution in [-0.4, -0.2) is 40.6 Å². The fourth-order valence-electron chi connectivity index (χ4n) is 3.73. The highest BCUT2D eigenvalue weighted by Crippen LogP contribution is 2.33. The van der Waals surface area contributed by atoms with E-state index in [9.17, 15) is 13.2 Å². The van der Waals surface area contributed by atoms with E-state index in [2.05, 4.69) is 5.32 Å². The third kappa shape index (κ3) is 7.24. The highest BCUT2D eigenvalue weighted by Gasteiger charge is 2.29. The van der Waals surface area contributed by atoms with Gasteiger partial charge < -0.3 is 14.8 Å². The molecule has 0 spiro atoms. The fourth-order valence-corrected chi connectivity index (χ4v) is 5.17. The maximum absolute atomic E-state index is 13.5. The fraction of sp³-hybridized carbons (Fsp3) is 0.321. The number of nitrogens with zero attached hydrogens (tertiary/aromatic N) is 1. The predicted octanol–water partition coefficient (Wildman–Crippen LogP) is 4.74. The van der Waals surface area contributed by atoms with E-state index in [1.54, 1.807) is 30.3 Å². The van der Waals surface area contributed by atoms with E-state index >= 15 is 0 Å². The predicted molar refractivity (Wildman–Crippen MR) is 142 cm³/mol. The van der Waals surface area contributed by atoms with Crippen LogP contribution in [0.5, 0.6) is 11.5 Å². The Hall–Kier alpha value is -3.52. The van der Waals surface area contributed by atoms with Crippen molar-refractivity contribution in [1.82, 2.24) is 5.32 Å². The quantitative estimate of drug-likeness (QED) is 0.356. The molecule has 3 rings (SSSR count). The third-order valence-corrected chi connectivity index (χ3v) is 7.25. The normalized spacial score (nSPS) is 11.2. The number of methoxy groups -OCH3 is 1. The van der Waals surface area contributed by atoms with Gasteiger partial charge in [0.25, 0.3) is 10.0 Å². The Morgan fingerprint density at radius 2 is 1.69 bits per heavy atom. The summed E-state index contributed by atoms with van der Waals surface area (Å²) < 4.78 is 39.3. The van der Waals surface area contributed by atoms with Crippen molar-refractivity contribution >= 4 is 21.6 Å². The van der Waals surface area contributed by atoms with Crippen LogP contribution in [0, 0.1) is 6.92 Å². The van der Waals surface area contributed by atoms with E-state index in [-0.39, 0.29) is 17.5 Å². The van der Waals surface area contributed by atoms with E-state index < -0.39 is 15.9 Å². The molecule has 1 N–H and O–H groups in total. The molecule has 0 aliphatic rings. The molecule has 8 heteroatoms. The molecule has 0 bridgehead atoms. The van der Waals surface area contributed by atoms with Gasteiger partial charge in [-0.2, -0.15) is 0 Å². The van der Waals surface area contributed by atoms with Crippen LogP contribution in [0.1, 0.15) is 31.4 Å². The number of hydrogen-bond acceptors (Lipinski definition) is 5. The average molecular weight is 511 g/mol. The molecule has 0 aliphatic heterocycles. The van der Waals surface area contributed by atoms with Gasteiger partial charge in [-0.25, -0.2) is 8.42 Å². The van der Waals surface area contributed by atoms with Gasteiger partial charge in [0.2, 0.25) is 5.91 Å². The Morgan fingerprint density at radius 1 is 1.00 bits per heavy atom. The van der Waals surface area contributed by atoms with E-state index in [1.165, 1.54) is 19.2 Å². The van der Waals surface area contributed by atoms with E-state index in [4.69, 9.17) is 9.47 Å². The van der Waals surface area contributed by atoms with Crippen LogP contribution in [-0.2, 0) is 21.2 Å². The SMILES string of the molecule is COc1ccc(C)cc1N(CC(=O)NCCCc1ccc(OC(C)C)cc1)S(=O)(=O)c1ccccc1. The van der Waals surface area contributed by atoms with Gasteiger partial charge in [0.05, 0.1) is 23.8 Å². The van der Waals surface area contributed by atoms with Crippen LogP contribution < -0.4 is 19.1 Å². The van der Waals surface area contributed by atoms with Crippen LogP contribution in [0.3, 0.4) is 0 Å². The molecule has 1 amide bonds. The minimum absolute atomic E-state index is 0.103. The van der Waals surface area contributed by atoms with Crippen molar-refractivity contribution in [2.75, 3.05) is 24.5 Å². The molecular weight excluding hydrogens is 476 g/mol. The Morgan fingerprint density at radius 3 is 2.33 bits per heavy atom. The van der Waals surface area contributed by atoms with Crippen molar-refractivity contribution in [1.29, 1.82) is 0 Å². The summed E-state index contributed by atoms with van der Waals surface area (Å²) in [6.07, 6.45) is 1.62. The number of ether oxygens (including phenoxy) is 2. The first-order chi connectivity index (χ1) is 17.2. The zero-order valence-electron chi connectivity index (χ0n) is 21.2. The second kappa shape index (κ2) is 12.4. The number of carbonyl (C=O) groups excluding carboxylic acids is 1. The highest BCUT2D eigenvalue weighted by atomic mass is 32.2. The molecule has 0 fully saturated rings. The summed E-state index contributed by atoms with van der Waals surface area (Å²) in [6, 6.07) is 21.2. The van der Waals surface area contributed by atoms with Gasteiger partial charge in [-0.1, -0.05) is 36.4 Å². The van der Waals surface area contributed by atoms with Crippen LogP contribution in [0.2, 0.25) is 0 Å². The highest BCUT2D eigenvalue weighted by molar-refractivity contribution is 7.92. The smallest absolute Gasteiger partial charge is 0.264 e. The second-order valence-electron chi connectivity index (χ2n) is 8.76. The molecule has 0 heterocycles. The Labute approximate surface area is 214 Å².